The standard InChI is InChI=1S/C11H22/c1-4-7-11(8-9-11)10(5-2)6-3/h10H,4-9H2,1-3H3. The monoisotopic (exact) mass is 154 g/mol. The third-order valence-corrected chi connectivity index (χ3v) is 3.49. The van der Waals surface area contributed by atoms with E-state index in [4.69, 9.17) is 0 Å². The molecule has 0 spiro atoms. The molecule has 0 aromatic heterocycles. The Kier molecular flexibility index (Phi) is 2.98. The fourth-order valence-corrected chi connectivity index (χ4v) is 2.68. The second-order valence-electron chi connectivity index (χ2n) is 4.13. The van der Waals surface area contributed by atoms with Crippen LogP contribution in [0.25, 0.3) is 0 Å². The number of rotatable bonds is 5. The van der Waals surface area contributed by atoms with Gasteiger partial charge in [-0.05, 0) is 30.6 Å². The molecule has 0 aliphatic heterocycles. The number of hydrogen-bond acceptors (Lipinski definition) is 0. The average molecular weight is 154 g/mol. The molecule has 1 saturated carbocycles. The summed E-state index contributed by atoms with van der Waals surface area (Å²) < 4.78 is 0. The van der Waals surface area contributed by atoms with Gasteiger partial charge in [0, 0.05) is 0 Å². The molecule has 0 aromatic carbocycles. The minimum absolute atomic E-state index is 0.818. The molecule has 0 N–H and O–H groups in total. The Morgan fingerprint density at radius 2 is 1.64 bits per heavy atom. The van der Waals surface area contributed by atoms with Crippen molar-refractivity contribution in [3.05, 3.63) is 0 Å². The lowest BCUT2D eigenvalue weighted by Gasteiger charge is -2.24. The van der Waals surface area contributed by atoms with Crippen molar-refractivity contribution in [1.29, 1.82) is 0 Å². The van der Waals surface area contributed by atoms with Gasteiger partial charge in [0.25, 0.3) is 0 Å². The van der Waals surface area contributed by atoms with E-state index >= 15 is 0 Å². The summed E-state index contributed by atoms with van der Waals surface area (Å²) in [6.07, 6.45) is 8.71. The summed E-state index contributed by atoms with van der Waals surface area (Å²) in [6.45, 7) is 7.02. The van der Waals surface area contributed by atoms with E-state index in [0.717, 1.165) is 11.3 Å². The first-order valence-corrected chi connectivity index (χ1v) is 5.29. The predicted molar refractivity (Wildman–Crippen MR) is 50.6 cm³/mol. The van der Waals surface area contributed by atoms with Gasteiger partial charge in [0.05, 0.1) is 0 Å². The smallest absolute Gasteiger partial charge is 0.0269 e. The van der Waals surface area contributed by atoms with Crippen molar-refractivity contribution in [2.75, 3.05) is 0 Å². The van der Waals surface area contributed by atoms with Crippen molar-refractivity contribution in [2.24, 2.45) is 11.3 Å². The van der Waals surface area contributed by atoms with E-state index < -0.39 is 0 Å². The van der Waals surface area contributed by atoms with Gasteiger partial charge < -0.3 is 0 Å². The molecule has 1 aliphatic carbocycles. The van der Waals surface area contributed by atoms with E-state index in [-0.39, 0.29) is 0 Å². The van der Waals surface area contributed by atoms with Crippen LogP contribution in [0.15, 0.2) is 0 Å². The normalized spacial score (nSPS) is 20.7. The van der Waals surface area contributed by atoms with Crippen LogP contribution in [0, 0.1) is 11.3 Å². The fourth-order valence-electron chi connectivity index (χ4n) is 2.68. The van der Waals surface area contributed by atoms with E-state index in [0.29, 0.717) is 0 Å². The average Bonchev–Trinajstić information content (AvgIpc) is 2.73. The van der Waals surface area contributed by atoms with Crippen molar-refractivity contribution >= 4 is 0 Å². The molecular weight excluding hydrogens is 132 g/mol. The van der Waals surface area contributed by atoms with E-state index in [1.165, 1.54) is 38.5 Å². The molecule has 0 saturated heterocycles. The van der Waals surface area contributed by atoms with Gasteiger partial charge in [0.2, 0.25) is 0 Å². The van der Waals surface area contributed by atoms with E-state index in [2.05, 4.69) is 20.8 Å². The third kappa shape index (κ3) is 1.77. The van der Waals surface area contributed by atoms with Gasteiger partial charge in [-0.3, -0.25) is 0 Å². The van der Waals surface area contributed by atoms with Crippen LogP contribution in [-0.2, 0) is 0 Å². The molecule has 0 aromatic rings. The molecule has 1 aliphatic rings. The summed E-state index contributed by atoms with van der Waals surface area (Å²) in [7, 11) is 0. The van der Waals surface area contributed by atoms with Crippen molar-refractivity contribution in [2.45, 2.75) is 59.3 Å². The maximum atomic E-state index is 2.35. The second kappa shape index (κ2) is 3.60. The van der Waals surface area contributed by atoms with E-state index in [9.17, 15) is 0 Å². The van der Waals surface area contributed by atoms with Gasteiger partial charge >= 0.3 is 0 Å². The highest BCUT2D eigenvalue weighted by Gasteiger charge is 2.46. The van der Waals surface area contributed by atoms with Crippen LogP contribution in [0.1, 0.15) is 59.3 Å². The Morgan fingerprint density at radius 3 is 1.91 bits per heavy atom. The van der Waals surface area contributed by atoms with Crippen molar-refractivity contribution in [3.8, 4) is 0 Å². The Balaban J connectivity index is 2.41. The summed E-state index contributed by atoms with van der Waals surface area (Å²) >= 11 is 0. The molecule has 0 amide bonds. The predicted octanol–water partition coefficient (Wildman–Crippen LogP) is 4.00. The Bertz CT molecular complexity index is 107. The zero-order chi connectivity index (χ0) is 8.32. The largest absolute Gasteiger partial charge is 0.0654 e. The van der Waals surface area contributed by atoms with Crippen LogP contribution in [0.4, 0.5) is 0 Å². The van der Waals surface area contributed by atoms with Gasteiger partial charge in [0.1, 0.15) is 0 Å². The van der Waals surface area contributed by atoms with Gasteiger partial charge in [-0.1, -0.05) is 40.0 Å². The SMILES string of the molecule is CCCC1(C(CC)CC)CC1. The molecule has 1 rings (SSSR count). The van der Waals surface area contributed by atoms with E-state index in [1.54, 1.807) is 0 Å². The van der Waals surface area contributed by atoms with Gasteiger partial charge in [0.15, 0.2) is 0 Å². The molecule has 1 fully saturated rings. The molecule has 0 atom stereocenters. The van der Waals surface area contributed by atoms with Crippen molar-refractivity contribution < 1.29 is 0 Å². The second-order valence-corrected chi connectivity index (χ2v) is 4.13. The molecule has 0 unspecified atom stereocenters. The highest BCUT2D eigenvalue weighted by molar-refractivity contribution is 4.96. The summed E-state index contributed by atoms with van der Waals surface area (Å²) in [6, 6.07) is 0. The quantitative estimate of drug-likeness (QED) is 0.561. The highest BCUT2D eigenvalue weighted by Crippen LogP contribution is 2.57. The van der Waals surface area contributed by atoms with Crippen LogP contribution < -0.4 is 0 Å². The van der Waals surface area contributed by atoms with Crippen LogP contribution in [0.3, 0.4) is 0 Å². The van der Waals surface area contributed by atoms with Crippen LogP contribution in [0.2, 0.25) is 0 Å². The Labute approximate surface area is 71.4 Å². The topological polar surface area (TPSA) is 0 Å². The van der Waals surface area contributed by atoms with Crippen LogP contribution in [0.5, 0.6) is 0 Å². The zero-order valence-corrected chi connectivity index (χ0v) is 8.32. The summed E-state index contributed by atoms with van der Waals surface area (Å²) in [5.74, 6) is 1.03. The first-order chi connectivity index (χ1) is 5.29. The molecule has 0 nitrogen and oxygen atoms in total. The lowest BCUT2D eigenvalue weighted by molar-refractivity contribution is 0.267. The van der Waals surface area contributed by atoms with Crippen molar-refractivity contribution in [3.63, 3.8) is 0 Å². The minimum atomic E-state index is 0.818. The summed E-state index contributed by atoms with van der Waals surface area (Å²) in [5, 5.41) is 0. The summed E-state index contributed by atoms with van der Waals surface area (Å²) in [5.41, 5.74) is 0.818. The first kappa shape index (κ1) is 9.09. The molecular formula is C11H22. The maximum Gasteiger partial charge on any atom is -0.0269 e. The van der Waals surface area contributed by atoms with E-state index in [1.807, 2.05) is 0 Å². The first-order valence-electron chi connectivity index (χ1n) is 5.29. The van der Waals surface area contributed by atoms with Crippen molar-refractivity contribution in [1.82, 2.24) is 0 Å². The Hall–Kier alpha value is 0. The lowest BCUT2D eigenvalue weighted by atomic mass is 9.82. The maximum absolute atomic E-state index is 2.35. The van der Waals surface area contributed by atoms with Crippen LogP contribution in [-0.4, -0.2) is 0 Å². The third-order valence-electron chi connectivity index (χ3n) is 3.49. The van der Waals surface area contributed by atoms with Crippen LogP contribution >= 0.6 is 0 Å². The Morgan fingerprint density at radius 1 is 1.09 bits per heavy atom. The summed E-state index contributed by atoms with van der Waals surface area (Å²) in [4.78, 5) is 0. The molecule has 11 heavy (non-hydrogen) atoms. The molecule has 0 heteroatoms. The highest BCUT2D eigenvalue weighted by atomic mass is 14.5. The molecule has 0 bridgehead atoms. The number of hydrogen-bond donors (Lipinski definition) is 0. The molecule has 66 valence electrons. The fraction of sp³-hybridized carbons (Fsp3) is 1.00. The minimum Gasteiger partial charge on any atom is -0.0654 e. The van der Waals surface area contributed by atoms with Gasteiger partial charge in [-0.2, -0.15) is 0 Å². The lowest BCUT2D eigenvalue weighted by Crippen LogP contribution is -2.14. The molecule has 0 heterocycles. The zero-order valence-electron chi connectivity index (χ0n) is 8.32. The van der Waals surface area contributed by atoms with Gasteiger partial charge in [-0.15, -0.1) is 0 Å². The van der Waals surface area contributed by atoms with Gasteiger partial charge in [-0.25, -0.2) is 0 Å². The molecule has 0 radical (unpaired) electrons.